The van der Waals surface area contributed by atoms with Crippen molar-refractivity contribution in [1.82, 2.24) is 0 Å². The standard InChI is InChI=1S/C14H11F2NO3/c1-3-8-6-11(18)17(7-8)10-5-4-9(15)12(13(10)16)14(19)20-2/h1,4-5,8H,6-7H2,2H3. The fourth-order valence-corrected chi connectivity index (χ4v) is 2.09. The summed E-state index contributed by atoms with van der Waals surface area (Å²) in [6.07, 6.45) is 5.34. The van der Waals surface area contributed by atoms with Crippen molar-refractivity contribution in [3.8, 4) is 12.3 Å². The van der Waals surface area contributed by atoms with Gasteiger partial charge in [0.15, 0.2) is 5.82 Å². The molecule has 6 heteroatoms. The Balaban J connectivity index is 2.47. The van der Waals surface area contributed by atoms with E-state index in [2.05, 4.69) is 10.7 Å². The van der Waals surface area contributed by atoms with E-state index in [9.17, 15) is 18.4 Å². The van der Waals surface area contributed by atoms with Crippen molar-refractivity contribution in [3.05, 3.63) is 29.3 Å². The molecule has 1 aliphatic heterocycles. The topological polar surface area (TPSA) is 46.6 Å². The highest BCUT2D eigenvalue weighted by molar-refractivity contribution is 5.98. The van der Waals surface area contributed by atoms with Crippen LogP contribution >= 0.6 is 0 Å². The number of benzene rings is 1. The molecule has 1 amide bonds. The molecule has 1 saturated heterocycles. The van der Waals surface area contributed by atoms with Crippen molar-refractivity contribution in [2.75, 3.05) is 18.6 Å². The normalized spacial score (nSPS) is 18.0. The second-order valence-electron chi connectivity index (χ2n) is 4.32. The Morgan fingerprint density at radius 2 is 2.20 bits per heavy atom. The molecule has 0 radical (unpaired) electrons. The van der Waals surface area contributed by atoms with Crippen LogP contribution in [0.15, 0.2) is 12.1 Å². The largest absolute Gasteiger partial charge is 0.465 e. The van der Waals surface area contributed by atoms with E-state index in [1.54, 1.807) is 0 Å². The summed E-state index contributed by atoms with van der Waals surface area (Å²) in [5, 5.41) is 0. The van der Waals surface area contributed by atoms with E-state index in [1.807, 2.05) is 0 Å². The first kappa shape index (κ1) is 14.0. The van der Waals surface area contributed by atoms with Crippen LogP contribution < -0.4 is 4.90 Å². The number of methoxy groups -OCH3 is 1. The molecule has 20 heavy (non-hydrogen) atoms. The number of rotatable bonds is 2. The number of carbonyl (C=O) groups excluding carboxylic acids is 2. The summed E-state index contributed by atoms with van der Waals surface area (Å²) >= 11 is 0. The Morgan fingerprint density at radius 1 is 1.50 bits per heavy atom. The first-order valence-corrected chi connectivity index (χ1v) is 5.82. The Morgan fingerprint density at radius 3 is 2.75 bits per heavy atom. The molecule has 1 aromatic carbocycles. The molecule has 4 nitrogen and oxygen atoms in total. The van der Waals surface area contributed by atoms with Crippen LogP contribution in [0.3, 0.4) is 0 Å². The zero-order valence-electron chi connectivity index (χ0n) is 10.7. The fraction of sp³-hybridized carbons (Fsp3) is 0.286. The zero-order valence-corrected chi connectivity index (χ0v) is 10.7. The Kier molecular flexibility index (Phi) is 3.70. The number of esters is 1. The van der Waals surface area contributed by atoms with Gasteiger partial charge in [-0.25, -0.2) is 13.6 Å². The zero-order chi connectivity index (χ0) is 14.9. The smallest absolute Gasteiger partial charge is 0.343 e. The predicted molar refractivity (Wildman–Crippen MR) is 67.0 cm³/mol. The number of carbonyl (C=O) groups is 2. The Hall–Kier alpha value is -2.42. The number of halogens is 2. The lowest BCUT2D eigenvalue weighted by Crippen LogP contribution is -2.26. The van der Waals surface area contributed by atoms with Crippen molar-refractivity contribution in [2.24, 2.45) is 5.92 Å². The molecule has 104 valence electrons. The Bertz CT molecular complexity index is 622. The molecule has 1 aliphatic rings. The van der Waals surface area contributed by atoms with Gasteiger partial charge in [0.1, 0.15) is 11.4 Å². The van der Waals surface area contributed by atoms with Gasteiger partial charge in [-0.2, -0.15) is 0 Å². The van der Waals surface area contributed by atoms with Crippen LogP contribution in [0, 0.1) is 29.9 Å². The van der Waals surface area contributed by atoms with E-state index in [0.29, 0.717) is 0 Å². The first-order valence-electron chi connectivity index (χ1n) is 5.82. The van der Waals surface area contributed by atoms with Crippen LogP contribution in [0.25, 0.3) is 0 Å². The summed E-state index contributed by atoms with van der Waals surface area (Å²) in [6, 6.07) is 2.02. The van der Waals surface area contributed by atoms with Crippen molar-refractivity contribution in [1.29, 1.82) is 0 Å². The molecule has 0 bridgehead atoms. The number of anilines is 1. The van der Waals surface area contributed by atoms with Gasteiger partial charge >= 0.3 is 5.97 Å². The number of nitrogens with zero attached hydrogens (tertiary/aromatic N) is 1. The van der Waals surface area contributed by atoms with E-state index in [0.717, 1.165) is 24.1 Å². The van der Waals surface area contributed by atoms with Gasteiger partial charge in [0.2, 0.25) is 5.91 Å². The quantitative estimate of drug-likeness (QED) is 0.612. The van der Waals surface area contributed by atoms with E-state index in [4.69, 9.17) is 6.42 Å². The first-order chi connectivity index (χ1) is 9.49. The molecule has 2 rings (SSSR count). The second kappa shape index (κ2) is 5.29. The predicted octanol–water partition coefficient (Wildman–Crippen LogP) is 1.74. The van der Waals surface area contributed by atoms with E-state index < -0.39 is 23.2 Å². The fourth-order valence-electron chi connectivity index (χ4n) is 2.09. The highest BCUT2D eigenvalue weighted by atomic mass is 19.1. The molecular weight excluding hydrogens is 268 g/mol. The third-order valence-electron chi connectivity index (χ3n) is 3.11. The molecule has 1 heterocycles. The number of ether oxygens (including phenoxy) is 1. The molecule has 0 aliphatic carbocycles. The van der Waals surface area contributed by atoms with Crippen molar-refractivity contribution < 1.29 is 23.1 Å². The van der Waals surface area contributed by atoms with Gasteiger partial charge in [-0.05, 0) is 12.1 Å². The van der Waals surface area contributed by atoms with Gasteiger partial charge in [-0.3, -0.25) is 4.79 Å². The summed E-state index contributed by atoms with van der Waals surface area (Å²) in [5.74, 6) is -1.57. The van der Waals surface area contributed by atoms with Crippen LogP contribution in [-0.2, 0) is 9.53 Å². The maximum atomic E-state index is 14.2. The average Bonchev–Trinajstić information content (AvgIpc) is 2.80. The summed E-state index contributed by atoms with van der Waals surface area (Å²) in [6.45, 7) is 0.137. The van der Waals surface area contributed by atoms with Crippen LogP contribution in [0.4, 0.5) is 14.5 Å². The average molecular weight is 279 g/mol. The van der Waals surface area contributed by atoms with Gasteiger partial charge in [0.25, 0.3) is 0 Å². The molecule has 1 unspecified atom stereocenters. The molecule has 0 aromatic heterocycles. The van der Waals surface area contributed by atoms with E-state index in [-0.39, 0.29) is 30.5 Å². The van der Waals surface area contributed by atoms with Gasteiger partial charge in [-0.15, -0.1) is 12.3 Å². The van der Waals surface area contributed by atoms with Crippen LogP contribution in [0.2, 0.25) is 0 Å². The minimum Gasteiger partial charge on any atom is -0.465 e. The Labute approximate surface area is 114 Å². The van der Waals surface area contributed by atoms with E-state index >= 15 is 0 Å². The molecule has 1 atom stereocenters. The summed E-state index contributed by atoms with van der Waals surface area (Å²) < 4.78 is 32.1. The van der Waals surface area contributed by atoms with Crippen LogP contribution in [0.5, 0.6) is 0 Å². The summed E-state index contributed by atoms with van der Waals surface area (Å²) in [4.78, 5) is 24.3. The molecule has 1 fully saturated rings. The van der Waals surface area contributed by atoms with Crippen molar-refractivity contribution in [3.63, 3.8) is 0 Å². The lowest BCUT2D eigenvalue weighted by Gasteiger charge is -2.18. The number of terminal acetylenes is 1. The van der Waals surface area contributed by atoms with Crippen molar-refractivity contribution in [2.45, 2.75) is 6.42 Å². The number of hydrogen-bond donors (Lipinski definition) is 0. The molecule has 0 saturated carbocycles. The molecule has 0 N–H and O–H groups in total. The van der Waals surface area contributed by atoms with Crippen LogP contribution in [0.1, 0.15) is 16.8 Å². The van der Waals surface area contributed by atoms with Gasteiger partial charge in [0.05, 0.1) is 12.8 Å². The summed E-state index contributed by atoms with van der Waals surface area (Å²) in [7, 11) is 1.02. The van der Waals surface area contributed by atoms with Gasteiger partial charge in [0, 0.05) is 18.9 Å². The summed E-state index contributed by atoms with van der Waals surface area (Å²) in [5.41, 5.74) is -0.989. The third-order valence-corrected chi connectivity index (χ3v) is 3.11. The second-order valence-corrected chi connectivity index (χ2v) is 4.32. The van der Waals surface area contributed by atoms with Crippen molar-refractivity contribution >= 4 is 17.6 Å². The third kappa shape index (κ3) is 2.23. The highest BCUT2D eigenvalue weighted by Crippen LogP contribution is 2.30. The SMILES string of the molecule is C#CC1CC(=O)N(c2ccc(F)c(C(=O)OC)c2F)C1. The highest BCUT2D eigenvalue weighted by Gasteiger charge is 2.33. The monoisotopic (exact) mass is 279 g/mol. The van der Waals surface area contributed by atoms with Crippen LogP contribution in [-0.4, -0.2) is 25.5 Å². The number of amides is 1. The maximum absolute atomic E-state index is 14.2. The molecular formula is C14H11F2NO3. The van der Waals surface area contributed by atoms with Gasteiger partial charge in [-0.1, -0.05) is 0 Å². The lowest BCUT2D eigenvalue weighted by atomic mass is 10.1. The maximum Gasteiger partial charge on any atom is 0.343 e. The molecule has 0 spiro atoms. The number of hydrogen-bond acceptors (Lipinski definition) is 3. The van der Waals surface area contributed by atoms with E-state index in [1.165, 1.54) is 0 Å². The molecule has 1 aromatic rings. The lowest BCUT2D eigenvalue weighted by molar-refractivity contribution is -0.117. The minimum absolute atomic E-state index is 0.0981. The minimum atomic E-state index is -1.14. The van der Waals surface area contributed by atoms with Gasteiger partial charge < -0.3 is 9.64 Å².